The lowest BCUT2D eigenvalue weighted by atomic mass is 10.2. The van der Waals surface area contributed by atoms with Gasteiger partial charge in [0.05, 0.1) is 10.9 Å². The van der Waals surface area contributed by atoms with Crippen LogP contribution in [0.3, 0.4) is 0 Å². The maximum Gasteiger partial charge on any atom is 0.349 e. The Morgan fingerprint density at radius 3 is 2.73 bits per heavy atom. The standard InChI is InChI=1S/C8H6BrFN2O2S/c1-4-2-3-5-6(7(4)9)8(12-11-5)15(10,13)14/h2-3H,1H3,(H,11,12). The highest BCUT2D eigenvalue weighted by Gasteiger charge is 2.21. The molecule has 0 bridgehead atoms. The second kappa shape index (κ2) is 3.28. The van der Waals surface area contributed by atoms with Crippen molar-refractivity contribution >= 4 is 37.1 Å². The number of hydrogen-bond acceptors (Lipinski definition) is 3. The van der Waals surface area contributed by atoms with Crippen LogP contribution in [0, 0.1) is 6.92 Å². The number of aromatic amines is 1. The highest BCUT2D eigenvalue weighted by atomic mass is 79.9. The summed E-state index contributed by atoms with van der Waals surface area (Å²) < 4.78 is 35.0. The molecule has 0 saturated carbocycles. The van der Waals surface area contributed by atoms with E-state index < -0.39 is 15.2 Å². The molecule has 2 aromatic rings. The van der Waals surface area contributed by atoms with E-state index in [1.165, 1.54) is 0 Å². The molecular weight excluding hydrogens is 287 g/mol. The number of aryl methyl sites for hydroxylation is 1. The number of hydrogen-bond donors (Lipinski definition) is 1. The molecule has 80 valence electrons. The first kappa shape index (κ1) is 10.6. The summed E-state index contributed by atoms with van der Waals surface area (Å²) in [6, 6.07) is 3.39. The largest absolute Gasteiger partial charge is 0.349 e. The van der Waals surface area contributed by atoms with Crippen molar-refractivity contribution in [3.05, 3.63) is 22.2 Å². The van der Waals surface area contributed by atoms with Crippen LogP contribution in [0.25, 0.3) is 10.9 Å². The zero-order chi connectivity index (χ0) is 11.2. The van der Waals surface area contributed by atoms with Gasteiger partial charge in [-0.2, -0.15) is 13.5 Å². The molecule has 7 heteroatoms. The maximum absolute atomic E-state index is 12.9. The van der Waals surface area contributed by atoms with Crippen molar-refractivity contribution in [1.82, 2.24) is 10.2 Å². The molecule has 0 radical (unpaired) electrons. The minimum Gasteiger partial charge on any atom is -0.264 e. The molecule has 4 nitrogen and oxygen atoms in total. The summed E-state index contributed by atoms with van der Waals surface area (Å²) in [5, 5.41) is 5.63. The topological polar surface area (TPSA) is 62.8 Å². The first-order valence-electron chi connectivity index (χ1n) is 3.99. The summed E-state index contributed by atoms with van der Waals surface area (Å²) in [5.41, 5.74) is 1.22. The van der Waals surface area contributed by atoms with Crippen LogP contribution in [-0.4, -0.2) is 18.6 Å². The van der Waals surface area contributed by atoms with Crippen molar-refractivity contribution in [3.8, 4) is 0 Å². The van der Waals surface area contributed by atoms with E-state index in [1.54, 1.807) is 19.1 Å². The number of rotatable bonds is 1. The van der Waals surface area contributed by atoms with Crippen LogP contribution in [0.2, 0.25) is 0 Å². The van der Waals surface area contributed by atoms with Crippen molar-refractivity contribution < 1.29 is 12.3 Å². The molecule has 0 aliphatic rings. The summed E-state index contributed by atoms with van der Waals surface area (Å²) in [5.74, 6) is 0. The molecule has 0 saturated heterocycles. The molecule has 0 amide bonds. The second-order valence-corrected chi connectivity index (χ2v) is 5.16. The lowest BCUT2D eigenvalue weighted by Crippen LogP contribution is -1.93. The van der Waals surface area contributed by atoms with Crippen molar-refractivity contribution in [2.24, 2.45) is 0 Å². The Morgan fingerprint density at radius 2 is 2.13 bits per heavy atom. The Kier molecular flexibility index (Phi) is 2.31. The Bertz CT molecular complexity index is 635. The smallest absolute Gasteiger partial charge is 0.264 e. The van der Waals surface area contributed by atoms with Crippen molar-refractivity contribution in [1.29, 1.82) is 0 Å². The van der Waals surface area contributed by atoms with E-state index in [2.05, 4.69) is 26.1 Å². The monoisotopic (exact) mass is 292 g/mol. The molecular formula is C8H6BrFN2O2S. The van der Waals surface area contributed by atoms with Crippen LogP contribution in [0.4, 0.5) is 3.89 Å². The molecule has 1 aromatic carbocycles. The molecule has 2 rings (SSSR count). The second-order valence-electron chi connectivity index (χ2n) is 3.08. The first-order chi connectivity index (χ1) is 6.91. The van der Waals surface area contributed by atoms with Crippen LogP contribution in [-0.2, 0) is 10.2 Å². The normalized spacial score (nSPS) is 12.2. The third kappa shape index (κ3) is 1.65. The molecule has 1 aromatic heterocycles. The molecule has 0 aliphatic heterocycles. The zero-order valence-corrected chi connectivity index (χ0v) is 9.99. The number of nitrogens with one attached hydrogen (secondary N) is 1. The fourth-order valence-corrected chi connectivity index (χ4v) is 2.59. The number of H-pyrrole nitrogens is 1. The van der Waals surface area contributed by atoms with Crippen molar-refractivity contribution in [2.75, 3.05) is 0 Å². The van der Waals surface area contributed by atoms with Gasteiger partial charge in [-0.1, -0.05) is 9.95 Å². The number of nitrogens with zero attached hydrogens (tertiary/aromatic N) is 1. The van der Waals surface area contributed by atoms with Crippen LogP contribution in [0.5, 0.6) is 0 Å². The third-order valence-electron chi connectivity index (χ3n) is 2.06. The van der Waals surface area contributed by atoms with Gasteiger partial charge in [-0.15, -0.1) is 0 Å². The minimum atomic E-state index is -4.77. The first-order valence-corrected chi connectivity index (χ1v) is 6.17. The number of benzene rings is 1. The van der Waals surface area contributed by atoms with Gasteiger partial charge in [-0.3, -0.25) is 5.10 Å². The Morgan fingerprint density at radius 1 is 1.47 bits per heavy atom. The fourth-order valence-electron chi connectivity index (χ4n) is 1.32. The van der Waals surface area contributed by atoms with E-state index in [9.17, 15) is 12.3 Å². The highest BCUT2D eigenvalue weighted by molar-refractivity contribution is 9.10. The van der Waals surface area contributed by atoms with Gasteiger partial charge in [0.15, 0.2) is 5.03 Å². The van der Waals surface area contributed by atoms with Gasteiger partial charge in [-0.05, 0) is 34.5 Å². The molecule has 0 fully saturated rings. The summed E-state index contributed by atoms with van der Waals surface area (Å²) >= 11 is 3.21. The van der Waals surface area contributed by atoms with Crippen LogP contribution < -0.4 is 0 Å². The van der Waals surface area contributed by atoms with Crippen molar-refractivity contribution in [3.63, 3.8) is 0 Å². The lowest BCUT2D eigenvalue weighted by molar-refractivity contribution is 0.548. The van der Waals surface area contributed by atoms with E-state index in [4.69, 9.17) is 0 Å². The highest BCUT2D eigenvalue weighted by Crippen LogP contribution is 2.31. The molecule has 0 atom stereocenters. The lowest BCUT2D eigenvalue weighted by Gasteiger charge is -1.99. The third-order valence-corrected chi connectivity index (χ3v) is 3.87. The van der Waals surface area contributed by atoms with Crippen LogP contribution in [0.15, 0.2) is 21.6 Å². The van der Waals surface area contributed by atoms with Gasteiger partial charge in [0.2, 0.25) is 0 Å². The van der Waals surface area contributed by atoms with Gasteiger partial charge in [0.25, 0.3) is 0 Å². The number of fused-ring (bicyclic) bond motifs is 1. The molecule has 0 spiro atoms. The van der Waals surface area contributed by atoms with E-state index in [-0.39, 0.29) is 5.39 Å². The summed E-state index contributed by atoms with van der Waals surface area (Å²) in [6.07, 6.45) is 0. The molecule has 1 heterocycles. The number of halogens is 2. The van der Waals surface area contributed by atoms with E-state index >= 15 is 0 Å². The molecule has 15 heavy (non-hydrogen) atoms. The molecule has 1 N–H and O–H groups in total. The Balaban J connectivity index is 2.96. The minimum absolute atomic E-state index is 0.248. The summed E-state index contributed by atoms with van der Waals surface area (Å²) in [7, 11) is -4.77. The van der Waals surface area contributed by atoms with Crippen LogP contribution >= 0.6 is 15.9 Å². The van der Waals surface area contributed by atoms with Gasteiger partial charge >= 0.3 is 10.2 Å². The SMILES string of the molecule is Cc1ccc2n[nH]c(S(=O)(=O)F)c2c1Br. The van der Waals surface area contributed by atoms with Gasteiger partial charge in [-0.25, -0.2) is 0 Å². The fraction of sp³-hybridized carbons (Fsp3) is 0.125. The average molecular weight is 293 g/mol. The summed E-state index contributed by atoms with van der Waals surface area (Å²) in [4.78, 5) is 0. The predicted octanol–water partition coefficient (Wildman–Crippen LogP) is 2.29. The summed E-state index contributed by atoms with van der Waals surface area (Å²) in [6.45, 7) is 1.78. The van der Waals surface area contributed by atoms with Crippen LogP contribution in [0.1, 0.15) is 5.56 Å². The maximum atomic E-state index is 12.9. The predicted molar refractivity (Wildman–Crippen MR) is 56.8 cm³/mol. The quantitative estimate of drug-likeness (QED) is 0.820. The average Bonchev–Trinajstić information content (AvgIpc) is 2.54. The van der Waals surface area contributed by atoms with E-state index in [1.807, 2.05) is 0 Å². The Hall–Kier alpha value is -0.950. The van der Waals surface area contributed by atoms with Gasteiger partial charge < -0.3 is 0 Å². The Labute approximate surface area is 93.8 Å². The van der Waals surface area contributed by atoms with E-state index in [0.717, 1.165) is 5.56 Å². The van der Waals surface area contributed by atoms with Gasteiger partial charge in [0, 0.05) is 4.47 Å². The van der Waals surface area contributed by atoms with Crippen molar-refractivity contribution in [2.45, 2.75) is 11.9 Å². The zero-order valence-electron chi connectivity index (χ0n) is 7.58. The molecule has 0 aliphatic carbocycles. The van der Waals surface area contributed by atoms with Gasteiger partial charge in [0.1, 0.15) is 0 Å². The molecule has 0 unspecified atom stereocenters. The van der Waals surface area contributed by atoms with E-state index in [0.29, 0.717) is 9.99 Å². The number of aromatic nitrogens is 2.